The number of aromatic nitrogens is 1. The van der Waals surface area contributed by atoms with E-state index in [1.165, 1.54) is 0 Å². The SMILES string of the molecule is CCNc1cc(C(=O)N(CC)CC2CCCO2)cc(C)n1. The number of nitrogens with one attached hydrogen (secondary N) is 1. The second kappa shape index (κ2) is 7.41. The Balaban J connectivity index is 2.12. The number of amides is 1. The summed E-state index contributed by atoms with van der Waals surface area (Å²) in [7, 11) is 0. The monoisotopic (exact) mass is 291 g/mol. The summed E-state index contributed by atoms with van der Waals surface area (Å²) in [6.45, 7) is 8.90. The van der Waals surface area contributed by atoms with Crippen molar-refractivity contribution in [1.29, 1.82) is 0 Å². The maximum Gasteiger partial charge on any atom is 0.254 e. The Hall–Kier alpha value is -1.62. The first-order valence-corrected chi connectivity index (χ1v) is 7.77. The molecular formula is C16H25N3O2. The molecule has 1 amide bonds. The number of nitrogens with zero attached hydrogens (tertiary/aromatic N) is 2. The first-order valence-electron chi connectivity index (χ1n) is 7.77. The van der Waals surface area contributed by atoms with Gasteiger partial charge in [-0.25, -0.2) is 4.98 Å². The zero-order chi connectivity index (χ0) is 15.2. The third kappa shape index (κ3) is 4.17. The largest absolute Gasteiger partial charge is 0.376 e. The molecule has 1 aromatic heterocycles. The van der Waals surface area contributed by atoms with E-state index in [0.717, 1.165) is 37.5 Å². The molecule has 1 N–H and O–H groups in total. The Morgan fingerprint density at radius 1 is 1.48 bits per heavy atom. The summed E-state index contributed by atoms with van der Waals surface area (Å²) >= 11 is 0. The normalized spacial score (nSPS) is 17.8. The number of ether oxygens (including phenoxy) is 1. The van der Waals surface area contributed by atoms with Gasteiger partial charge in [-0.3, -0.25) is 4.79 Å². The van der Waals surface area contributed by atoms with Crippen LogP contribution in [0.15, 0.2) is 12.1 Å². The van der Waals surface area contributed by atoms with Gasteiger partial charge in [0.25, 0.3) is 5.91 Å². The Morgan fingerprint density at radius 3 is 2.90 bits per heavy atom. The predicted octanol–water partition coefficient (Wildman–Crippen LogP) is 2.46. The molecule has 2 rings (SSSR count). The molecule has 0 saturated carbocycles. The van der Waals surface area contributed by atoms with Crippen LogP contribution in [0.3, 0.4) is 0 Å². The second-order valence-electron chi connectivity index (χ2n) is 5.39. The maximum absolute atomic E-state index is 12.7. The van der Waals surface area contributed by atoms with Gasteiger partial charge in [0, 0.05) is 37.5 Å². The molecule has 1 aliphatic rings. The van der Waals surface area contributed by atoms with Gasteiger partial charge in [-0.2, -0.15) is 0 Å². The number of likely N-dealkylation sites (N-methyl/N-ethyl adjacent to an activating group) is 1. The molecule has 1 aliphatic heterocycles. The van der Waals surface area contributed by atoms with Crippen LogP contribution in [0.1, 0.15) is 42.7 Å². The average Bonchev–Trinajstić information content (AvgIpc) is 2.96. The van der Waals surface area contributed by atoms with E-state index in [-0.39, 0.29) is 12.0 Å². The number of aryl methyl sites for hydroxylation is 1. The number of carbonyl (C=O) groups is 1. The van der Waals surface area contributed by atoms with E-state index in [2.05, 4.69) is 10.3 Å². The second-order valence-corrected chi connectivity index (χ2v) is 5.39. The minimum absolute atomic E-state index is 0.0534. The summed E-state index contributed by atoms with van der Waals surface area (Å²) in [5.74, 6) is 0.812. The smallest absolute Gasteiger partial charge is 0.254 e. The number of carbonyl (C=O) groups excluding carboxylic acids is 1. The molecule has 1 aromatic rings. The van der Waals surface area contributed by atoms with E-state index in [0.29, 0.717) is 18.7 Å². The topological polar surface area (TPSA) is 54.5 Å². The van der Waals surface area contributed by atoms with Crippen LogP contribution in [-0.4, -0.2) is 48.1 Å². The summed E-state index contributed by atoms with van der Waals surface area (Å²) in [5, 5.41) is 3.17. The van der Waals surface area contributed by atoms with Crippen LogP contribution in [0.4, 0.5) is 5.82 Å². The van der Waals surface area contributed by atoms with E-state index >= 15 is 0 Å². The summed E-state index contributed by atoms with van der Waals surface area (Å²) < 4.78 is 5.64. The zero-order valence-corrected chi connectivity index (χ0v) is 13.2. The lowest BCUT2D eigenvalue weighted by Gasteiger charge is -2.24. The van der Waals surface area contributed by atoms with Gasteiger partial charge >= 0.3 is 0 Å². The number of hydrogen-bond acceptors (Lipinski definition) is 4. The van der Waals surface area contributed by atoms with E-state index in [9.17, 15) is 4.79 Å². The van der Waals surface area contributed by atoms with Crippen molar-refractivity contribution in [1.82, 2.24) is 9.88 Å². The van der Waals surface area contributed by atoms with Crippen LogP contribution in [0.5, 0.6) is 0 Å². The highest BCUT2D eigenvalue weighted by atomic mass is 16.5. The Morgan fingerprint density at radius 2 is 2.29 bits per heavy atom. The molecule has 1 atom stereocenters. The van der Waals surface area contributed by atoms with Crippen molar-refractivity contribution in [3.63, 3.8) is 0 Å². The molecule has 116 valence electrons. The fourth-order valence-electron chi connectivity index (χ4n) is 2.64. The van der Waals surface area contributed by atoms with Gasteiger partial charge in [0.2, 0.25) is 0 Å². The van der Waals surface area contributed by atoms with Crippen LogP contribution in [0.25, 0.3) is 0 Å². The Bertz CT molecular complexity index is 484. The zero-order valence-electron chi connectivity index (χ0n) is 13.2. The van der Waals surface area contributed by atoms with Crippen LogP contribution in [-0.2, 0) is 4.74 Å². The van der Waals surface area contributed by atoms with Gasteiger partial charge in [0.1, 0.15) is 5.82 Å². The molecule has 5 nitrogen and oxygen atoms in total. The number of hydrogen-bond donors (Lipinski definition) is 1. The van der Waals surface area contributed by atoms with Crippen molar-refractivity contribution in [2.45, 2.75) is 39.7 Å². The standard InChI is InChI=1S/C16H25N3O2/c1-4-17-15-10-13(9-12(3)18-15)16(20)19(5-2)11-14-7-6-8-21-14/h9-10,14H,4-8,11H2,1-3H3,(H,17,18). The van der Waals surface area contributed by atoms with Crippen LogP contribution in [0.2, 0.25) is 0 Å². The summed E-state index contributed by atoms with van der Waals surface area (Å²) in [6.07, 6.45) is 2.32. The van der Waals surface area contributed by atoms with Gasteiger partial charge in [0.15, 0.2) is 0 Å². The molecule has 1 fully saturated rings. The van der Waals surface area contributed by atoms with Crippen molar-refractivity contribution in [3.05, 3.63) is 23.4 Å². The van der Waals surface area contributed by atoms with Crippen LogP contribution >= 0.6 is 0 Å². The van der Waals surface area contributed by atoms with Crippen molar-refractivity contribution in [2.24, 2.45) is 0 Å². The lowest BCUT2D eigenvalue weighted by molar-refractivity contribution is 0.0539. The highest BCUT2D eigenvalue weighted by molar-refractivity contribution is 5.95. The minimum Gasteiger partial charge on any atom is -0.376 e. The van der Waals surface area contributed by atoms with Gasteiger partial charge in [-0.1, -0.05) is 0 Å². The van der Waals surface area contributed by atoms with E-state index < -0.39 is 0 Å². The van der Waals surface area contributed by atoms with Crippen molar-refractivity contribution in [3.8, 4) is 0 Å². The molecule has 5 heteroatoms. The molecule has 2 heterocycles. The summed E-state index contributed by atoms with van der Waals surface area (Å²) in [5.41, 5.74) is 1.54. The third-order valence-electron chi connectivity index (χ3n) is 3.68. The molecule has 0 spiro atoms. The Kier molecular flexibility index (Phi) is 5.56. The molecular weight excluding hydrogens is 266 g/mol. The lowest BCUT2D eigenvalue weighted by atomic mass is 10.1. The quantitative estimate of drug-likeness (QED) is 0.875. The molecule has 0 aliphatic carbocycles. The highest BCUT2D eigenvalue weighted by Crippen LogP contribution is 2.17. The van der Waals surface area contributed by atoms with E-state index in [1.807, 2.05) is 37.8 Å². The van der Waals surface area contributed by atoms with Crippen LogP contribution in [0, 0.1) is 6.92 Å². The molecule has 0 radical (unpaired) electrons. The van der Waals surface area contributed by atoms with E-state index in [4.69, 9.17) is 4.74 Å². The van der Waals surface area contributed by atoms with Crippen LogP contribution < -0.4 is 5.32 Å². The van der Waals surface area contributed by atoms with Gasteiger partial charge in [-0.05, 0) is 45.7 Å². The van der Waals surface area contributed by atoms with E-state index in [1.54, 1.807) is 0 Å². The average molecular weight is 291 g/mol. The van der Waals surface area contributed by atoms with Crippen molar-refractivity contribution >= 4 is 11.7 Å². The lowest BCUT2D eigenvalue weighted by Crippen LogP contribution is -2.37. The molecule has 0 bridgehead atoms. The molecule has 1 unspecified atom stereocenters. The third-order valence-corrected chi connectivity index (χ3v) is 3.68. The fraction of sp³-hybridized carbons (Fsp3) is 0.625. The first kappa shape index (κ1) is 15.8. The maximum atomic E-state index is 12.7. The number of pyridine rings is 1. The summed E-state index contributed by atoms with van der Waals surface area (Å²) in [4.78, 5) is 18.9. The molecule has 0 aromatic carbocycles. The minimum atomic E-state index is 0.0534. The predicted molar refractivity (Wildman–Crippen MR) is 83.7 cm³/mol. The first-order chi connectivity index (χ1) is 10.1. The van der Waals surface area contributed by atoms with Gasteiger partial charge < -0.3 is 15.0 Å². The van der Waals surface area contributed by atoms with Gasteiger partial charge in [-0.15, -0.1) is 0 Å². The fourth-order valence-corrected chi connectivity index (χ4v) is 2.64. The highest BCUT2D eigenvalue weighted by Gasteiger charge is 2.22. The van der Waals surface area contributed by atoms with Crippen molar-refractivity contribution < 1.29 is 9.53 Å². The van der Waals surface area contributed by atoms with Crippen molar-refractivity contribution in [2.75, 3.05) is 31.6 Å². The number of rotatable bonds is 6. The molecule has 21 heavy (non-hydrogen) atoms. The van der Waals surface area contributed by atoms with Gasteiger partial charge in [0.05, 0.1) is 6.10 Å². The number of anilines is 1. The molecule has 1 saturated heterocycles. The summed E-state index contributed by atoms with van der Waals surface area (Å²) in [6, 6.07) is 3.68. The Labute approximate surface area is 126 Å².